The van der Waals surface area contributed by atoms with Crippen LogP contribution in [0.25, 0.3) is 10.2 Å². The molecule has 3 aliphatic rings. The van der Waals surface area contributed by atoms with E-state index in [1.54, 1.807) is 45.0 Å². The van der Waals surface area contributed by atoms with E-state index in [0.717, 1.165) is 35.0 Å². The van der Waals surface area contributed by atoms with Crippen LogP contribution < -0.4 is 25.7 Å². The third kappa shape index (κ3) is 8.38. The molecule has 0 radical (unpaired) electrons. The van der Waals surface area contributed by atoms with Crippen LogP contribution in [0.15, 0.2) is 60.7 Å². The maximum absolute atomic E-state index is 14.3. The predicted molar refractivity (Wildman–Crippen MR) is 188 cm³/mol. The highest BCUT2D eigenvalue weighted by molar-refractivity contribution is 7.20. The number of amides is 4. The zero-order chi connectivity index (χ0) is 35.5. The van der Waals surface area contributed by atoms with Crippen LogP contribution in [0.5, 0.6) is 10.9 Å². The minimum absolute atomic E-state index is 0.0953. The molecule has 4 amide bonds. The zero-order valence-corrected chi connectivity index (χ0v) is 29.7. The Kier molecular flexibility index (Phi) is 10.3. The van der Waals surface area contributed by atoms with Gasteiger partial charge in [0, 0.05) is 12.3 Å². The number of hydrogen-bond acceptors (Lipinski definition) is 9. The summed E-state index contributed by atoms with van der Waals surface area (Å²) in [5.74, 6) is -1.17. The van der Waals surface area contributed by atoms with E-state index in [1.807, 2.05) is 43.3 Å². The maximum atomic E-state index is 14.3. The summed E-state index contributed by atoms with van der Waals surface area (Å²) < 4.78 is 12.8. The summed E-state index contributed by atoms with van der Waals surface area (Å²) in [6.07, 6.45) is 6.84. The number of fused-ring (bicyclic) bond motifs is 3. The quantitative estimate of drug-likeness (QED) is 0.230. The lowest BCUT2D eigenvalue weighted by molar-refractivity contribution is -0.142. The Morgan fingerprint density at radius 2 is 1.88 bits per heavy atom. The minimum Gasteiger partial charge on any atom is -0.465 e. The molecular formula is C37H45N5O7S. The van der Waals surface area contributed by atoms with Gasteiger partial charge in [-0.3, -0.25) is 14.4 Å². The Morgan fingerprint density at radius 3 is 2.66 bits per heavy atom. The van der Waals surface area contributed by atoms with Gasteiger partial charge >= 0.3 is 6.09 Å². The third-order valence-corrected chi connectivity index (χ3v) is 10.0. The molecule has 1 saturated carbocycles. The number of rotatable bonds is 6. The number of carbonyl (C=O) groups is 4. The van der Waals surface area contributed by atoms with E-state index in [-0.39, 0.29) is 18.9 Å². The van der Waals surface area contributed by atoms with Gasteiger partial charge in [0.25, 0.3) is 11.1 Å². The van der Waals surface area contributed by atoms with E-state index >= 15 is 0 Å². The lowest BCUT2D eigenvalue weighted by atomic mass is 10.0. The molecule has 6 rings (SSSR count). The second kappa shape index (κ2) is 14.7. The molecular weight excluding hydrogens is 659 g/mol. The molecule has 3 heterocycles. The number of alkyl carbamates (subject to hydrolysis) is 1. The molecule has 2 aliphatic heterocycles. The number of aromatic nitrogens is 1. The number of benzene rings is 2. The van der Waals surface area contributed by atoms with Crippen molar-refractivity contribution >= 4 is 45.4 Å². The average Bonchev–Trinajstić information content (AvgIpc) is 3.37. The molecule has 0 bridgehead atoms. The number of para-hydroxylation sites is 1. The Bertz CT molecular complexity index is 1760. The van der Waals surface area contributed by atoms with E-state index < -0.39 is 53.1 Å². The summed E-state index contributed by atoms with van der Waals surface area (Å²) in [7, 11) is 0. The van der Waals surface area contributed by atoms with Gasteiger partial charge in [-0.1, -0.05) is 60.6 Å². The molecule has 2 fully saturated rings. The first-order valence-electron chi connectivity index (χ1n) is 17.2. The summed E-state index contributed by atoms with van der Waals surface area (Å²) in [4.78, 5) is 66.9. The number of nitrogens with one attached hydrogen (secondary N) is 3. The van der Waals surface area contributed by atoms with Crippen molar-refractivity contribution in [3.8, 4) is 10.9 Å². The highest BCUT2D eigenvalue weighted by Crippen LogP contribution is 2.45. The molecule has 2 aromatic carbocycles. The second-order valence-electron chi connectivity index (χ2n) is 14.3. The van der Waals surface area contributed by atoms with Crippen molar-refractivity contribution < 1.29 is 33.5 Å². The number of aryl methyl sites for hydroxylation is 1. The number of thiazole rings is 1. The van der Waals surface area contributed by atoms with Crippen molar-refractivity contribution in [2.75, 3.05) is 6.54 Å². The zero-order valence-electron chi connectivity index (χ0n) is 28.9. The smallest absolute Gasteiger partial charge is 0.408 e. The van der Waals surface area contributed by atoms with Gasteiger partial charge in [0.2, 0.25) is 11.8 Å². The Balaban J connectivity index is 1.27. The van der Waals surface area contributed by atoms with E-state index in [2.05, 4.69) is 21.1 Å². The second-order valence-corrected chi connectivity index (χ2v) is 15.3. The molecule has 3 aromatic rings. The molecule has 5 atom stereocenters. The van der Waals surface area contributed by atoms with Crippen LogP contribution in [-0.2, 0) is 19.1 Å². The lowest BCUT2D eigenvalue weighted by Gasteiger charge is -2.30. The Morgan fingerprint density at radius 1 is 1.08 bits per heavy atom. The van der Waals surface area contributed by atoms with Crippen molar-refractivity contribution in [2.45, 2.75) is 102 Å². The van der Waals surface area contributed by atoms with E-state index in [9.17, 15) is 19.2 Å². The van der Waals surface area contributed by atoms with Crippen LogP contribution in [0, 0.1) is 12.8 Å². The first-order valence-corrected chi connectivity index (χ1v) is 18.1. The first kappa shape index (κ1) is 35.2. The fourth-order valence-electron chi connectivity index (χ4n) is 6.50. The Hall–Kier alpha value is -4.65. The molecule has 1 saturated heterocycles. The molecule has 0 spiro atoms. The number of hydroxylamine groups is 1. The monoisotopic (exact) mass is 703 g/mol. The number of allylic oxidation sites excluding steroid dienone is 1. The van der Waals surface area contributed by atoms with Crippen molar-refractivity contribution in [1.29, 1.82) is 0 Å². The number of hydrogen-bond donors (Lipinski definition) is 3. The van der Waals surface area contributed by atoms with E-state index in [1.165, 1.54) is 16.2 Å². The lowest BCUT2D eigenvalue weighted by Crippen LogP contribution is -2.58. The SMILES string of the molecule is Cc1ccc2nc(O[C@@H]3C[C@H]4C(=O)N[C@]5(C(=O)NOc6ccccc6)C[C@@H]5/C=C\CCCCC[C@H](NC(=O)OC(C)(C)C)C(=O)N4C3)sc2c1. The van der Waals surface area contributed by atoms with Gasteiger partial charge in [0.1, 0.15) is 29.3 Å². The normalized spacial score (nSPS) is 26.4. The van der Waals surface area contributed by atoms with E-state index in [4.69, 9.17) is 14.3 Å². The van der Waals surface area contributed by atoms with Gasteiger partial charge in [0.05, 0.1) is 16.8 Å². The minimum atomic E-state index is -1.25. The van der Waals surface area contributed by atoms with Crippen LogP contribution in [0.2, 0.25) is 0 Å². The largest absolute Gasteiger partial charge is 0.465 e. The topological polar surface area (TPSA) is 148 Å². The number of carbonyl (C=O) groups excluding carboxylic acids is 4. The third-order valence-electron chi connectivity index (χ3n) is 9.13. The summed E-state index contributed by atoms with van der Waals surface area (Å²) in [5, 5.41) is 6.23. The maximum Gasteiger partial charge on any atom is 0.408 e. The average molecular weight is 704 g/mol. The highest BCUT2D eigenvalue weighted by atomic mass is 32.1. The fourth-order valence-corrected chi connectivity index (χ4v) is 7.48. The van der Waals surface area contributed by atoms with Crippen molar-refractivity contribution in [3.63, 3.8) is 0 Å². The van der Waals surface area contributed by atoms with Gasteiger partial charge in [-0.05, 0) is 83.2 Å². The Labute approximate surface area is 295 Å². The molecule has 12 nitrogen and oxygen atoms in total. The summed E-state index contributed by atoms with van der Waals surface area (Å²) in [6, 6.07) is 12.9. The number of ether oxygens (including phenoxy) is 2. The van der Waals surface area contributed by atoms with Gasteiger partial charge < -0.3 is 29.8 Å². The summed E-state index contributed by atoms with van der Waals surface area (Å²) >= 11 is 1.40. The molecule has 50 heavy (non-hydrogen) atoms. The molecule has 1 aromatic heterocycles. The van der Waals surface area contributed by atoms with Gasteiger partial charge in [-0.2, -0.15) is 5.48 Å². The van der Waals surface area contributed by atoms with Crippen molar-refractivity contribution in [2.24, 2.45) is 5.92 Å². The predicted octanol–water partition coefficient (Wildman–Crippen LogP) is 5.35. The first-order chi connectivity index (χ1) is 23.9. The van der Waals surface area contributed by atoms with E-state index in [0.29, 0.717) is 30.2 Å². The molecule has 13 heteroatoms. The van der Waals surface area contributed by atoms with Gasteiger partial charge in [0.15, 0.2) is 5.75 Å². The van der Waals surface area contributed by atoms with Crippen LogP contribution in [0.3, 0.4) is 0 Å². The van der Waals surface area contributed by atoms with Gasteiger partial charge in [-0.15, -0.1) is 0 Å². The van der Waals surface area contributed by atoms with Crippen LogP contribution >= 0.6 is 11.3 Å². The molecule has 266 valence electrons. The molecule has 0 unspecified atom stereocenters. The number of nitrogens with zero attached hydrogens (tertiary/aromatic N) is 2. The summed E-state index contributed by atoms with van der Waals surface area (Å²) in [5.41, 5.74) is 2.42. The summed E-state index contributed by atoms with van der Waals surface area (Å²) in [6.45, 7) is 7.37. The van der Waals surface area contributed by atoms with Crippen LogP contribution in [0.4, 0.5) is 4.79 Å². The van der Waals surface area contributed by atoms with Crippen LogP contribution in [0.1, 0.15) is 71.3 Å². The fraction of sp³-hybridized carbons (Fsp3) is 0.486. The highest BCUT2D eigenvalue weighted by Gasteiger charge is 2.61. The van der Waals surface area contributed by atoms with Crippen LogP contribution in [-0.4, -0.2) is 69.6 Å². The van der Waals surface area contributed by atoms with Crippen molar-refractivity contribution in [3.05, 3.63) is 66.2 Å². The van der Waals surface area contributed by atoms with Gasteiger partial charge in [-0.25, -0.2) is 9.78 Å². The molecule has 1 aliphatic carbocycles. The van der Waals surface area contributed by atoms with Crippen molar-refractivity contribution in [1.82, 2.24) is 26.0 Å². The standard InChI is InChI=1S/C37H45N5O7S/c1-23-17-18-27-30(19-23)50-35(39-27)47-26-20-29-31(43)40-37(33(45)41-49-25-14-10-8-11-15-25)21-24(37)13-9-6-5-7-12-16-28(32(44)42(29)22-26)38-34(46)48-36(2,3)4/h8-11,13-15,17-19,24,26,28-29H,5-7,12,16,20-22H2,1-4H3,(H,38,46)(H,40,43)(H,41,45)/b13-9-/t24-,26+,28-,29-,37+/m0/s1. The molecule has 3 N–H and O–H groups in total.